The SMILES string of the molecule is O=C(NCc1ccc2c(c1)COC2)C1CCCN(C(=O)c2ccc(Cl)c(Cl)c2)C1. The van der Waals surface area contributed by atoms with Gasteiger partial charge in [-0.25, -0.2) is 0 Å². The highest BCUT2D eigenvalue weighted by Gasteiger charge is 2.29. The lowest BCUT2D eigenvalue weighted by molar-refractivity contribution is -0.126. The Hall–Kier alpha value is -2.08. The van der Waals surface area contributed by atoms with Crippen LogP contribution in [0.2, 0.25) is 10.0 Å². The highest BCUT2D eigenvalue weighted by Crippen LogP contribution is 2.25. The van der Waals surface area contributed by atoms with Crippen molar-refractivity contribution in [2.75, 3.05) is 13.1 Å². The second-order valence-corrected chi connectivity index (χ2v) is 8.35. The summed E-state index contributed by atoms with van der Waals surface area (Å²) in [6.45, 7) is 2.80. The maximum Gasteiger partial charge on any atom is 0.253 e. The fraction of sp³-hybridized carbons (Fsp3) is 0.364. The molecular weight excluding hydrogens is 411 g/mol. The van der Waals surface area contributed by atoms with Gasteiger partial charge in [0.2, 0.25) is 5.91 Å². The molecule has 1 unspecified atom stereocenters. The Morgan fingerprint density at radius 3 is 2.72 bits per heavy atom. The maximum atomic E-state index is 12.8. The minimum Gasteiger partial charge on any atom is -0.372 e. The minimum atomic E-state index is -0.215. The summed E-state index contributed by atoms with van der Waals surface area (Å²) in [6, 6.07) is 11.0. The van der Waals surface area contributed by atoms with Gasteiger partial charge in [0, 0.05) is 25.2 Å². The van der Waals surface area contributed by atoms with Crippen LogP contribution in [-0.4, -0.2) is 29.8 Å². The number of benzene rings is 2. The van der Waals surface area contributed by atoms with Gasteiger partial charge in [0.1, 0.15) is 0 Å². The number of carbonyl (C=O) groups excluding carboxylic acids is 2. The van der Waals surface area contributed by atoms with Crippen LogP contribution in [0.5, 0.6) is 0 Å². The monoisotopic (exact) mass is 432 g/mol. The summed E-state index contributed by atoms with van der Waals surface area (Å²) in [7, 11) is 0. The molecule has 2 heterocycles. The smallest absolute Gasteiger partial charge is 0.253 e. The Balaban J connectivity index is 1.35. The third-order valence-electron chi connectivity index (χ3n) is 5.50. The lowest BCUT2D eigenvalue weighted by atomic mass is 9.96. The van der Waals surface area contributed by atoms with E-state index in [0.717, 1.165) is 18.4 Å². The summed E-state index contributed by atoms with van der Waals surface area (Å²) in [5, 5.41) is 3.78. The molecule has 29 heavy (non-hydrogen) atoms. The number of amides is 2. The van der Waals surface area contributed by atoms with E-state index in [1.54, 1.807) is 23.1 Å². The summed E-state index contributed by atoms with van der Waals surface area (Å²) in [5.41, 5.74) is 3.94. The van der Waals surface area contributed by atoms with E-state index in [2.05, 4.69) is 17.4 Å². The number of fused-ring (bicyclic) bond motifs is 1. The van der Waals surface area contributed by atoms with E-state index in [1.807, 2.05) is 6.07 Å². The van der Waals surface area contributed by atoms with Gasteiger partial charge in [-0.15, -0.1) is 0 Å². The maximum absolute atomic E-state index is 12.8. The third-order valence-corrected chi connectivity index (χ3v) is 6.24. The zero-order valence-corrected chi connectivity index (χ0v) is 17.4. The lowest BCUT2D eigenvalue weighted by Gasteiger charge is -2.32. The average molecular weight is 433 g/mol. The van der Waals surface area contributed by atoms with Crippen molar-refractivity contribution in [3.05, 3.63) is 68.7 Å². The van der Waals surface area contributed by atoms with Crippen molar-refractivity contribution in [3.63, 3.8) is 0 Å². The van der Waals surface area contributed by atoms with Gasteiger partial charge in [-0.1, -0.05) is 41.4 Å². The predicted molar refractivity (Wildman–Crippen MR) is 112 cm³/mol. The van der Waals surface area contributed by atoms with Gasteiger partial charge in [0.25, 0.3) is 5.91 Å². The Morgan fingerprint density at radius 2 is 1.90 bits per heavy atom. The number of carbonyl (C=O) groups is 2. The lowest BCUT2D eigenvalue weighted by Crippen LogP contribution is -2.45. The molecule has 0 saturated carbocycles. The van der Waals surface area contributed by atoms with Gasteiger partial charge in [-0.2, -0.15) is 0 Å². The molecule has 0 aliphatic carbocycles. The molecule has 0 radical (unpaired) electrons. The fourth-order valence-corrected chi connectivity index (χ4v) is 4.15. The van der Waals surface area contributed by atoms with E-state index in [1.165, 1.54) is 11.1 Å². The molecule has 2 amide bonds. The standard InChI is InChI=1S/C22H22Cl2N2O3/c23-19-6-5-15(9-20(19)24)22(28)26-7-1-2-16(11-26)21(27)25-10-14-3-4-17-12-29-13-18(17)8-14/h3-6,8-9,16H,1-2,7,10-13H2,(H,25,27). The van der Waals surface area contributed by atoms with E-state index in [4.69, 9.17) is 27.9 Å². The molecule has 0 bridgehead atoms. The van der Waals surface area contributed by atoms with Crippen LogP contribution >= 0.6 is 23.2 Å². The van der Waals surface area contributed by atoms with Gasteiger partial charge in [0.15, 0.2) is 0 Å². The molecule has 4 rings (SSSR count). The van der Waals surface area contributed by atoms with Crippen LogP contribution in [0.15, 0.2) is 36.4 Å². The van der Waals surface area contributed by atoms with Crippen LogP contribution < -0.4 is 5.32 Å². The second kappa shape index (κ2) is 8.74. The quantitative estimate of drug-likeness (QED) is 0.787. The Morgan fingerprint density at radius 1 is 1.07 bits per heavy atom. The number of ether oxygens (including phenoxy) is 1. The number of halogens is 2. The minimum absolute atomic E-state index is 0.0200. The summed E-state index contributed by atoms with van der Waals surface area (Å²) >= 11 is 12.0. The molecule has 152 valence electrons. The van der Waals surface area contributed by atoms with Gasteiger partial charge in [-0.05, 0) is 47.7 Å². The molecule has 1 atom stereocenters. The molecule has 2 aliphatic heterocycles. The van der Waals surface area contributed by atoms with E-state index in [0.29, 0.717) is 48.5 Å². The van der Waals surface area contributed by atoms with E-state index in [-0.39, 0.29) is 17.7 Å². The normalized spacial score (nSPS) is 18.4. The zero-order chi connectivity index (χ0) is 20.4. The third kappa shape index (κ3) is 4.58. The van der Waals surface area contributed by atoms with Crippen LogP contribution in [0.4, 0.5) is 0 Å². The molecule has 5 nitrogen and oxygen atoms in total. The van der Waals surface area contributed by atoms with Crippen LogP contribution in [0.25, 0.3) is 0 Å². The van der Waals surface area contributed by atoms with Gasteiger partial charge >= 0.3 is 0 Å². The van der Waals surface area contributed by atoms with Crippen molar-refractivity contribution in [1.29, 1.82) is 0 Å². The van der Waals surface area contributed by atoms with Crippen molar-refractivity contribution in [2.24, 2.45) is 5.92 Å². The average Bonchev–Trinajstić information content (AvgIpc) is 3.21. The van der Waals surface area contributed by atoms with Crippen molar-refractivity contribution < 1.29 is 14.3 Å². The highest BCUT2D eigenvalue weighted by atomic mass is 35.5. The van der Waals surface area contributed by atoms with Crippen LogP contribution in [0, 0.1) is 5.92 Å². The molecular formula is C22H22Cl2N2O3. The molecule has 1 saturated heterocycles. The molecule has 2 aliphatic rings. The first-order valence-electron chi connectivity index (χ1n) is 9.72. The number of nitrogens with zero attached hydrogens (tertiary/aromatic N) is 1. The number of hydrogen-bond donors (Lipinski definition) is 1. The molecule has 0 aromatic heterocycles. The first-order valence-corrected chi connectivity index (χ1v) is 10.5. The van der Waals surface area contributed by atoms with Crippen molar-refractivity contribution in [2.45, 2.75) is 32.6 Å². The van der Waals surface area contributed by atoms with Crippen molar-refractivity contribution >= 4 is 35.0 Å². The van der Waals surface area contributed by atoms with Crippen molar-refractivity contribution in [3.8, 4) is 0 Å². The molecule has 7 heteroatoms. The van der Waals surface area contributed by atoms with Gasteiger partial charge < -0.3 is 15.0 Å². The molecule has 1 N–H and O–H groups in total. The summed E-state index contributed by atoms with van der Waals surface area (Å²) in [4.78, 5) is 27.2. The summed E-state index contributed by atoms with van der Waals surface area (Å²) < 4.78 is 5.43. The summed E-state index contributed by atoms with van der Waals surface area (Å²) in [6.07, 6.45) is 1.57. The molecule has 0 spiro atoms. The Bertz CT molecular complexity index is 948. The van der Waals surface area contributed by atoms with Crippen LogP contribution in [0.1, 0.15) is 39.9 Å². The second-order valence-electron chi connectivity index (χ2n) is 7.53. The molecule has 1 fully saturated rings. The van der Waals surface area contributed by atoms with Gasteiger partial charge in [-0.3, -0.25) is 9.59 Å². The van der Waals surface area contributed by atoms with E-state index in [9.17, 15) is 9.59 Å². The molecule has 2 aromatic rings. The Kier molecular flexibility index (Phi) is 6.09. The first-order chi connectivity index (χ1) is 14.0. The predicted octanol–water partition coefficient (Wildman–Crippen LogP) is 4.19. The number of likely N-dealkylation sites (tertiary alicyclic amines) is 1. The van der Waals surface area contributed by atoms with E-state index >= 15 is 0 Å². The number of piperidine rings is 1. The first kappa shape index (κ1) is 20.2. The van der Waals surface area contributed by atoms with E-state index < -0.39 is 0 Å². The fourth-order valence-electron chi connectivity index (χ4n) is 3.86. The van der Waals surface area contributed by atoms with Crippen LogP contribution in [0.3, 0.4) is 0 Å². The highest BCUT2D eigenvalue weighted by molar-refractivity contribution is 6.42. The Labute approximate surface area is 179 Å². The summed E-state index contributed by atoms with van der Waals surface area (Å²) in [5.74, 6) is -0.360. The van der Waals surface area contributed by atoms with Crippen LogP contribution in [-0.2, 0) is 29.3 Å². The molecule has 2 aromatic carbocycles. The van der Waals surface area contributed by atoms with Gasteiger partial charge in [0.05, 0.1) is 29.2 Å². The number of nitrogens with one attached hydrogen (secondary N) is 1. The number of hydrogen-bond acceptors (Lipinski definition) is 3. The van der Waals surface area contributed by atoms with Crippen molar-refractivity contribution in [1.82, 2.24) is 10.2 Å². The zero-order valence-electron chi connectivity index (χ0n) is 15.9. The topological polar surface area (TPSA) is 58.6 Å². The largest absolute Gasteiger partial charge is 0.372 e. The number of rotatable bonds is 4.